The topological polar surface area (TPSA) is 37.4 Å². The van der Waals surface area contributed by atoms with E-state index >= 15 is 0 Å². The zero-order chi connectivity index (χ0) is 30.0. The zero-order valence-electron chi connectivity index (χ0n) is 24.1. The highest BCUT2D eigenvalue weighted by Gasteiger charge is 2.40. The molecule has 1 aliphatic heterocycles. The fourth-order valence-corrected chi connectivity index (χ4v) is 6.83. The van der Waals surface area contributed by atoms with Crippen LogP contribution in [0.25, 0.3) is 0 Å². The molecule has 3 nitrogen and oxygen atoms in total. The average molecular weight is 580 g/mol. The molecule has 0 spiro atoms. The first-order valence-corrected chi connectivity index (χ1v) is 14.9. The number of carbonyl (C=O) groups is 2. The number of Topliss-reactive ketones (excluding diaryl/α,β-unsaturated/α-hetero) is 1. The van der Waals surface area contributed by atoms with E-state index in [1.54, 1.807) is 30.0 Å². The molecule has 2 aliphatic rings. The fourth-order valence-electron chi connectivity index (χ4n) is 6.83. The second kappa shape index (κ2) is 12.4. The molecule has 0 bridgehead atoms. The zero-order valence-corrected chi connectivity index (χ0v) is 24.1. The minimum absolute atomic E-state index is 0.0122. The van der Waals surface area contributed by atoms with Crippen molar-refractivity contribution in [1.29, 1.82) is 0 Å². The Hall–Kier alpha value is -3.48. The Labute approximate surface area is 244 Å². The summed E-state index contributed by atoms with van der Waals surface area (Å²) < 4.78 is 55.7. The summed E-state index contributed by atoms with van der Waals surface area (Å²) in [6, 6.07) is 15.9. The predicted molar refractivity (Wildman–Crippen MR) is 155 cm³/mol. The van der Waals surface area contributed by atoms with Crippen LogP contribution in [0, 0.1) is 31.5 Å². The Morgan fingerprint density at radius 2 is 1.55 bits per heavy atom. The second-order valence-electron chi connectivity index (χ2n) is 12.0. The van der Waals surface area contributed by atoms with Crippen LogP contribution in [0.1, 0.15) is 88.3 Å². The van der Waals surface area contributed by atoms with Gasteiger partial charge in [0.2, 0.25) is 0 Å². The maximum atomic E-state index is 14.9. The molecule has 5 rings (SSSR count). The standard InChI is InChI=1S/C35H37F4NO2/c1-22-12-13-26(20-29(22)35(37,38)39)21-31(41)28-10-6-18-40(34(42)32-23(2)7-5-11-30(32)36)33(28)27-16-14-25(15-17-27)19-24-8-3-4-9-24/h5,7,11-17,20,24,28,33H,3-4,6,8-10,18-19,21H2,1-2H3/t28-,33+/m1/s1. The first-order valence-electron chi connectivity index (χ1n) is 14.9. The number of hydrogen-bond acceptors (Lipinski definition) is 2. The van der Waals surface area contributed by atoms with Crippen LogP contribution in [0.4, 0.5) is 17.6 Å². The molecule has 1 aliphatic carbocycles. The SMILES string of the molecule is Cc1ccc(CC(=O)[C@H]2CCCN(C(=O)c3c(C)cccc3F)[C@H]2c2ccc(CC3CCCC3)cc2)cc1C(F)(F)F. The number of hydrogen-bond donors (Lipinski definition) is 0. The number of ketones is 1. The van der Waals surface area contributed by atoms with Crippen LogP contribution in [-0.4, -0.2) is 23.1 Å². The van der Waals surface area contributed by atoms with Crippen molar-refractivity contribution in [1.82, 2.24) is 4.90 Å². The van der Waals surface area contributed by atoms with Crippen molar-refractivity contribution in [3.05, 3.63) is 105 Å². The lowest BCUT2D eigenvalue weighted by Gasteiger charge is -2.41. The van der Waals surface area contributed by atoms with Crippen molar-refractivity contribution in [2.24, 2.45) is 11.8 Å². The molecular weight excluding hydrogens is 542 g/mol. The van der Waals surface area contributed by atoms with E-state index in [1.165, 1.54) is 50.3 Å². The van der Waals surface area contributed by atoms with Gasteiger partial charge in [-0.05, 0) is 79.0 Å². The van der Waals surface area contributed by atoms with Gasteiger partial charge in [0.1, 0.15) is 11.6 Å². The molecule has 222 valence electrons. The van der Waals surface area contributed by atoms with E-state index < -0.39 is 35.4 Å². The monoisotopic (exact) mass is 579 g/mol. The molecular formula is C35H37F4NO2. The van der Waals surface area contributed by atoms with Crippen molar-refractivity contribution in [2.45, 2.75) is 77.4 Å². The number of rotatable bonds is 7. The molecule has 1 amide bonds. The van der Waals surface area contributed by atoms with Crippen molar-refractivity contribution in [3.8, 4) is 0 Å². The number of amides is 1. The number of aryl methyl sites for hydroxylation is 2. The van der Waals surface area contributed by atoms with Gasteiger partial charge in [0.15, 0.2) is 0 Å². The van der Waals surface area contributed by atoms with Gasteiger partial charge in [-0.3, -0.25) is 9.59 Å². The van der Waals surface area contributed by atoms with Gasteiger partial charge in [0.25, 0.3) is 5.91 Å². The van der Waals surface area contributed by atoms with Crippen molar-refractivity contribution >= 4 is 11.7 Å². The number of likely N-dealkylation sites (tertiary alicyclic amines) is 1. The highest BCUT2D eigenvalue weighted by molar-refractivity contribution is 5.97. The molecule has 1 saturated heterocycles. The van der Waals surface area contributed by atoms with Crippen LogP contribution in [0.3, 0.4) is 0 Å². The van der Waals surface area contributed by atoms with Gasteiger partial charge in [-0.25, -0.2) is 4.39 Å². The van der Waals surface area contributed by atoms with E-state index in [0.717, 1.165) is 18.1 Å². The van der Waals surface area contributed by atoms with E-state index in [4.69, 9.17) is 0 Å². The molecule has 3 aromatic carbocycles. The van der Waals surface area contributed by atoms with Crippen LogP contribution in [-0.2, 0) is 23.8 Å². The molecule has 0 unspecified atom stereocenters. The van der Waals surface area contributed by atoms with Crippen LogP contribution >= 0.6 is 0 Å². The lowest BCUT2D eigenvalue weighted by Crippen LogP contribution is -2.46. The summed E-state index contributed by atoms with van der Waals surface area (Å²) >= 11 is 0. The number of nitrogens with zero attached hydrogens (tertiary/aromatic N) is 1. The van der Waals surface area contributed by atoms with Gasteiger partial charge in [-0.15, -0.1) is 0 Å². The lowest BCUT2D eigenvalue weighted by atomic mass is 9.79. The molecule has 2 atom stereocenters. The molecule has 3 aromatic rings. The third kappa shape index (κ3) is 6.45. The molecule has 2 fully saturated rings. The highest BCUT2D eigenvalue weighted by atomic mass is 19.4. The van der Waals surface area contributed by atoms with E-state index in [1.807, 2.05) is 12.1 Å². The Kier molecular flexibility index (Phi) is 8.86. The summed E-state index contributed by atoms with van der Waals surface area (Å²) in [6.07, 6.45) is 2.28. The quantitative estimate of drug-likeness (QED) is 0.263. The van der Waals surface area contributed by atoms with E-state index in [0.29, 0.717) is 30.9 Å². The minimum atomic E-state index is -4.52. The number of benzene rings is 3. The Balaban J connectivity index is 1.48. The Morgan fingerprint density at radius 3 is 2.21 bits per heavy atom. The third-order valence-corrected chi connectivity index (χ3v) is 9.05. The fraction of sp³-hybridized carbons (Fsp3) is 0.429. The van der Waals surface area contributed by atoms with Gasteiger partial charge in [0.05, 0.1) is 17.2 Å². The highest BCUT2D eigenvalue weighted by Crippen LogP contribution is 2.40. The molecule has 0 N–H and O–H groups in total. The van der Waals surface area contributed by atoms with E-state index in [-0.39, 0.29) is 28.9 Å². The number of carbonyl (C=O) groups excluding carboxylic acids is 2. The first kappa shape index (κ1) is 30.0. The number of alkyl halides is 3. The maximum absolute atomic E-state index is 14.9. The largest absolute Gasteiger partial charge is 0.416 e. The summed E-state index contributed by atoms with van der Waals surface area (Å²) in [5.41, 5.74) is 2.12. The smallest absolute Gasteiger partial charge is 0.331 e. The van der Waals surface area contributed by atoms with E-state index in [2.05, 4.69) is 12.1 Å². The van der Waals surface area contributed by atoms with E-state index in [9.17, 15) is 27.2 Å². The third-order valence-electron chi connectivity index (χ3n) is 9.05. The molecule has 0 radical (unpaired) electrons. The molecule has 1 saturated carbocycles. The predicted octanol–water partition coefficient (Wildman–Crippen LogP) is 8.60. The van der Waals surface area contributed by atoms with Gasteiger partial charge in [-0.1, -0.05) is 74.2 Å². The first-order chi connectivity index (χ1) is 20.0. The molecule has 1 heterocycles. The van der Waals surface area contributed by atoms with Crippen LogP contribution in [0.15, 0.2) is 60.7 Å². The molecule has 7 heteroatoms. The molecule has 42 heavy (non-hydrogen) atoms. The van der Waals surface area contributed by atoms with Crippen molar-refractivity contribution in [2.75, 3.05) is 6.54 Å². The lowest BCUT2D eigenvalue weighted by molar-refractivity contribution is -0.138. The van der Waals surface area contributed by atoms with Gasteiger partial charge < -0.3 is 4.90 Å². The average Bonchev–Trinajstić information content (AvgIpc) is 3.46. The summed E-state index contributed by atoms with van der Waals surface area (Å²) in [5, 5.41) is 0. The minimum Gasteiger partial charge on any atom is -0.331 e. The van der Waals surface area contributed by atoms with Gasteiger partial charge in [-0.2, -0.15) is 13.2 Å². The second-order valence-corrected chi connectivity index (χ2v) is 12.0. The van der Waals surface area contributed by atoms with Crippen LogP contribution in [0.5, 0.6) is 0 Å². The van der Waals surface area contributed by atoms with Gasteiger partial charge in [0, 0.05) is 18.9 Å². The summed E-state index contributed by atoms with van der Waals surface area (Å²) in [6.45, 7) is 3.44. The van der Waals surface area contributed by atoms with Gasteiger partial charge >= 0.3 is 6.18 Å². The number of halogens is 4. The van der Waals surface area contributed by atoms with Crippen molar-refractivity contribution in [3.63, 3.8) is 0 Å². The normalized spacial score (nSPS) is 19.7. The maximum Gasteiger partial charge on any atom is 0.416 e. The summed E-state index contributed by atoms with van der Waals surface area (Å²) in [5.74, 6) is -1.28. The summed E-state index contributed by atoms with van der Waals surface area (Å²) in [7, 11) is 0. The van der Waals surface area contributed by atoms with Crippen LogP contribution in [0.2, 0.25) is 0 Å². The van der Waals surface area contributed by atoms with Crippen molar-refractivity contribution < 1.29 is 27.2 Å². The molecule has 0 aromatic heterocycles. The Morgan fingerprint density at radius 1 is 0.857 bits per heavy atom. The summed E-state index contributed by atoms with van der Waals surface area (Å²) in [4.78, 5) is 29.3. The number of piperidine rings is 1. The van der Waals surface area contributed by atoms with Crippen LogP contribution < -0.4 is 0 Å². The Bertz CT molecular complexity index is 1420.